The lowest BCUT2D eigenvalue weighted by Crippen LogP contribution is -2.50. The Kier molecular flexibility index (Phi) is 4.90. The van der Waals surface area contributed by atoms with E-state index in [1.54, 1.807) is 0 Å². The van der Waals surface area contributed by atoms with Crippen molar-refractivity contribution in [1.29, 1.82) is 0 Å². The molecule has 0 aliphatic heterocycles. The minimum atomic E-state index is 0.109. The summed E-state index contributed by atoms with van der Waals surface area (Å²) < 4.78 is 0. The van der Waals surface area contributed by atoms with Crippen molar-refractivity contribution < 1.29 is 0 Å². The van der Waals surface area contributed by atoms with Crippen LogP contribution in [0.15, 0.2) is 24.4 Å². The van der Waals surface area contributed by atoms with Crippen LogP contribution in [0.1, 0.15) is 32.4 Å². The summed E-state index contributed by atoms with van der Waals surface area (Å²) in [5, 5.41) is 0. The van der Waals surface area contributed by atoms with Crippen molar-refractivity contribution in [2.24, 2.45) is 5.73 Å². The van der Waals surface area contributed by atoms with Gasteiger partial charge < -0.3 is 5.73 Å². The predicted octanol–water partition coefficient (Wildman–Crippen LogP) is 2.03. The van der Waals surface area contributed by atoms with Crippen LogP contribution >= 0.6 is 0 Å². The monoisotopic (exact) mass is 221 g/mol. The van der Waals surface area contributed by atoms with Gasteiger partial charge in [0.25, 0.3) is 0 Å². The van der Waals surface area contributed by atoms with Crippen molar-refractivity contribution in [3.8, 4) is 0 Å². The standard InChI is InChI=1S/C13H23N3/c1-4-13(5-2,11-14)16(3)10-12-8-6-7-9-15-12/h6-9H,4-5,10-11,14H2,1-3H3. The highest BCUT2D eigenvalue weighted by molar-refractivity contribution is 5.04. The third kappa shape index (κ3) is 2.80. The van der Waals surface area contributed by atoms with Crippen LogP contribution in [-0.2, 0) is 6.54 Å². The molecule has 1 aromatic heterocycles. The van der Waals surface area contributed by atoms with E-state index in [-0.39, 0.29) is 5.54 Å². The second kappa shape index (κ2) is 5.97. The second-order valence-corrected chi connectivity index (χ2v) is 4.31. The highest BCUT2D eigenvalue weighted by atomic mass is 15.2. The normalized spacial score (nSPS) is 12.1. The molecule has 3 nitrogen and oxygen atoms in total. The summed E-state index contributed by atoms with van der Waals surface area (Å²) in [7, 11) is 2.13. The lowest BCUT2D eigenvalue weighted by molar-refractivity contribution is 0.106. The van der Waals surface area contributed by atoms with Crippen LogP contribution in [-0.4, -0.2) is 29.0 Å². The molecule has 0 aliphatic rings. The number of likely N-dealkylation sites (N-methyl/N-ethyl adjacent to an activating group) is 1. The maximum absolute atomic E-state index is 5.92. The molecular weight excluding hydrogens is 198 g/mol. The van der Waals surface area contributed by atoms with Gasteiger partial charge in [-0.3, -0.25) is 9.88 Å². The van der Waals surface area contributed by atoms with E-state index in [9.17, 15) is 0 Å². The molecule has 2 N–H and O–H groups in total. The lowest BCUT2D eigenvalue weighted by atomic mass is 9.91. The van der Waals surface area contributed by atoms with Gasteiger partial charge in [-0.25, -0.2) is 0 Å². The molecule has 0 atom stereocenters. The molecule has 16 heavy (non-hydrogen) atoms. The van der Waals surface area contributed by atoms with Crippen LogP contribution in [0.4, 0.5) is 0 Å². The Morgan fingerprint density at radius 1 is 1.31 bits per heavy atom. The zero-order chi connectivity index (χ0) is 12.0. The van der Waals surface area contributed by atoms with Crippen molar-refractivity contribution in [2.75, 3.05) is 13.6 Å². The summed E-state index contributed by atoms with van der Waals surface area (Å²) in [4.78, 5) is 6.68. The van der Waals surface area contributed by atoms with Crippen LogP contribution in [0.25, 0.3) is 0 Å². The summed E-state index contributed by atoms with van der Waals surface area (Å²) in [6.07, 6.45) is 3.98. The largest absolute Gasteiger partial charge is 0.329 e. The maximum Gasteiger partial charge on any atom is 0.0544 e. The first kappa shape index (κ1) is 13.1. The van der Waals surface area contributed by atoms with E-state index in [2.05, 4.69) is 36.8 Å². The zero-order valence-electron chi connectivity index (χ0n) is 10.6. The van der Waals surface area contributed by atoms with Gasteiger partial charge in [-0.15, -0.1) is 0 Å². The molecule has 0 fully saturated rings. The Hall–Kier alpha value is -0.930. The third-order valence-corrected chi connectivity index (χ3v) is 3.63. The Bertz CT molecular complexity index is 285. The first-order chi connectivity index (χ1) is 7.68. The van der Waals surface area contributed by atoms with Gasteiger partial charge in [0.2, 0.25) is 0 Å². The smallest absolute Gasteiger partial charge is 0.0544 e. The summed E-state index contributed by atoms with van der Waals surface area (Å²) >= 11 is 0. The van der Waals surface area contributed by atoms with E-state index in [1.807, 2.05) is 18.3 Å². The van der Waals surface area contributed by atoms with Crippen molar-refractivity contribution in [1.82, 2.24) is 9.88 Å². The van der Waals surface area contributed by atoms with Gasteiger partial charge in [0.15, 0.2) is 0 Å². The molecule has 0 saturated heterocycles. The highest BCUT2D eigenvalue weighted by Gasteiger charge is 2.29. The molecule has 0 aliphatic carbocycles. The Morgan fingerprint density at radius 3 is 2.44 bits per heavy atom. The topological polar surface area (TPSA) is 42.1 Å². The molecule has 1 aromatic rings. The number of pyridine rings is 1. The first-order valence-electron chi connectivity index (χ1n) is 5.99. The van der Waals surface area contributed by atoms with Crippen LogP contribution in [0.5, 0.6) is 0 Å². The third-order valence-electron chi connectivity index (χ3n) is 3.63. The van der Waals surface area contributed by atoms with Crippen LogP contribution in [0.3, 0.4) is 0 Å². The van der Waals surface area contributed by atoms with Crippen molar-refractivity contribution in [2.45, 2.75) is 38.8 Å². The summed E-state index contributed by atoms with van der Waals surface area (Å²) in [6, 6.07) is 6.03. The van der Waals surface area contributed by atoms with Gasteiger partial charge in [0, 0.05) is 24.8 Å². The minimum Gasteiger partial charge on any atom is -0.329 e. The molecule has 1 rings (SSSR count). The van der Waals surface area contributed by atoms with Crippen LogP contribution in [0.2, 0.25) is 0 Å². The number of hydrogen-bond acceptors (Lipinski definition) is 3. The molecule has 0 bridgehead atoms. The fourth-order valence-electron chi connectivity index (χ4n) is 2.14. The number of aromatic nitrogens is 1. The highest BCUT2D eigenvalue weighted by Crippen LogP contribution is 2.22. The average Bonchev–Trinajstić information content (AvgIpc) is 2.33. The SMILES string of the molecule is CCC(CC)(CN)N(C)Cc1ccccn1. The van der Waals surface area contributed by atoms with Gasteiger partial charge in [-0.2, -0.15) is 0 Å². The average molecular weight is 221 g/mol. The quantitative estimate of drug-likeness (QED) is 0.799. The molecular formula is C13H23N3. The van der Waals surface area contributed by atoms with Crippen molar-refractivity contribution in [3.63, 3.8) is 0 Å². The van der Waals surface area contributed by atoms with Crippen LogP contribution in [0, 0.1) is 0 Å². The van der Waals surface area contributed by atoms with E-state index in [0.29, 0.717) is 6.54 Å². The van der Waals surface area contributed by atoms with Gasteiger partial charge >= 0.3 is 0 Å². The maximum atomic E-state index is 5.92. The van der Waals surface area contributed by atoms with Gasteiger partial charge in [0.05, 0.1) is 5.69 Å². The summed E-state index contributed by atoms with van der Waals surface area (Å²) in [6.45, 7) is 5.96. The number of nitrogens with zero attached hydrogens (tertiary/aromatic N) is 2. The Labute approximate surface area is 98.7 Å². The molecule has 0 aromatic carbocycles. The van der Waals surface area contributed by atoms with E-state index < -0.39 is 0 Å². The molecule has 1 heterocycles. The first-order valence-corrected chi connectivity index (χ1v) is 5.99. The van der Waals surface area contributed by atoms with E-state index in [1.165, 1.54) is 0 Å². The van der Waals surface area contributed by atoms with Crippen LogP contribution < -0.4 is 5.73 Å². The molecule has 0 saturated carbocycles. The Morgan fingerprint density at radius 2 is 2.00 bits per heavy atom. The lowest BCUT2D eigenvalue weighted by Gasteiger charge is -2.39. The minimum absolute atomic E-state index is 0.109. The van der Waals surface area contributed by atoms with Gasteiger partial charge in [-0.05, 0) is 32.0 Å². The molecule has 90 valence electrons. The predicted molar refractivity (Wildman–Crippen MR) is 68.1 cm³/mol. The molecule has 3 heteroatoms. The fraction of sp³-hybridized carbons (Fsp3) is 0.615. The Balaban J connectivity index is 2.73. The molecule has 0 radical (unpaired) electrons. The molecule has 0 spiro atoms. The number of hydrogen-bond donors (Lipinski definition) is 1. The number of rotatable bonds is 6. The second-order valence-electron chi connectivity index (χ2n) is 4.31. The van der Waals surface area contributed by atoms with E-state index in [0.717, 1.165) is 25.1 Å². The van der Waals surface area contributed by atoms with Crippen molar-refractivity contribution in [3.05, 3.63) is 30.1 Å². The fourth-order valence-corrected chi connectivity index (χ4v) is 2.14. The van der Waals surface area contributed by atoms with E-state index in [4.69, 9.17) is 5.73 Å². The molecule has 0 unspecified atom stereocenters. The van der Waals surface area contributed by atoms with E-state index >= 15 is 0 Å². The molecule has 0 amide bonds. The van der Waals surface area contributed by atoms with Gasteiger partial charge in [-0.1, -0.05) is 19.9 Å². The zero-order valence-corrected chi connectivity index (χ0v) is 10.6. The van der Waals surface area contributed by atoms with Gasteiger partial charge in [0.1, 0.15) is 0 Å². The number of nitrogens with two attached hydrogens (primary N) is 1. The van der Waals surface area contributed by atoms with Crippen molar-refractivity contribution >= 4 is 0 Å². The summed E-state index contributed by atoms with van der Waals surface area (Å²) in [5.41, 5.74) is 7.13. The summed E-state index contributed by atoms with van der Waals surface area (Å²) in [5.74, 6) is 0.